The second-order valence-electron chi connectivity index (χ2n) is 6.99. The van der Waals surface area contributed by atoms with E-state index >= 15 is 0 Å². The summed E-state index contributed by atoms with van der Waals surface area (Å²) in [6, 6.07) is 10.2. The molecular formula is C18H25NO2. The fraction of sp³-hybridized carbons (Fsp3) is 0.611. The van der Waals surface area contributed by atoms with Crippen LogP contribution < -0.4 is 0 Å². The van der Waals surface area contributed by atoms with Crippen molar-refractivity contribution in [2.24, 2.45) is 17.3 Å². The molecule has 0 aromatic heterocycles. The van der Waals surface area contributed by atoms with Crippen LogP contribution in [0, 0.1) is 17.3 Å². The molecule has 1 heterocycles. The highest BCUT2D eigenvalue weighted by atomic mass is 16.3. The molecule has 1 N–H and O–H groups in total. The standard InChI is InChI=1S/C18H25NO2/c1-13-15-9-11-19(12-14-6-4-3-5-7-14)17(21)18(15,2)10-8-16(13)20/h3-7,13,15-16,20H,8-12H2,1-2H3. The van der Waals surface area contributed by atoms with Crippen LogP contribution in [0.15, 0.2) is 30.3 Å². The second kappa shape index (κ2) is 5.45. The van der Waals surface area contributed by atoms with E-state index < -0.39 is 0 Å². The third kappa shape index (κ3) is 2.48. The molecule has 3 nitrogen and oxygen atoms in total. The molecule has 1 saturated heterocycles. The minimum Gasteiger partial charge on any atom is -0.393 e. The fourth-order valence-corrected chi connectivity index (χ4v) is 4.30. The Labute approximate surface area is 127 Å². The van der Waals surface area contributed by atoms with Crippen molar-refractivity contribution in [2.75, 3.05) is 6.54 Å². The van der Waals surface area contributed by atoms with Crippen LogP contribution in [0.1, 0.15) is 38.7 Å². The van der Waals surface area contributed by atoms with Crippen LogP contribution in [0.3, 0.4) is 0 Å². The molecule has 1 aliphatic heterocycles. The molecule has 3 heteroatoms. The summed E-state index contributed by atoms with van der Waals surface area (Å²) in [5.74, 6) is 0.828. The van der Waals surface area contributed by atoms with Gasteiger partial charge in [-0.2, -0.15) is 0 Å². The van der Waals surface area contributed by atoms with Crippen molar-refractivity contribution in [1.82, 2.24) is 4.90 Å². The number of carbonyl (C=O) groups is 1. The largest absolute Gasteiger partial charge is 0.393 e. The lowest BCUT2D eigenvalue weighted by Crippen LogP contribution is -2.57. The third-order valence-corrected chi connectivity index (χ3v) is 5.72. The number of amides is 1. The number of likely N-dealkylation sites (tertiary alicyclic amines) is 1. The van der Waals surface area contributed by atoms with E-state index in [1.165, 1.54) is 5.56 Å². The Balaban J connectivity index is 1.78. The van der Waals surface area contributed by atoms with Crippen molar-refractivity contribution in [2.45, 2.75) is 45.8 Å². The lowest BCUT2D eigenvalue weighted by atomic mass is 9.59. The van der Waals surface area contributed by atoms with Gasteiger partial charge in [0.1, 0.15) is 0 Å². The predicted octanol–water partition coefficient (Wildman–Crippen LogP) is 2.83. The first-order valence-corrected chi connectivity index (χ1v) is 8.04. The van der Waals surface area contributed by atoms with Crippen LogP contribution in [0.2, 0.25) is 0 Å². The Bertz CT molecular complexity index is 515. The Hall–Kier alpha value is -1.35. The zero-order valence-electron chi connectivity index (χ0n) is 13.0. The molecule has 1 aliphatic carbocycles. The number of rotatable bonds is 2. The first kappa shape index (κ1) is 14.6. The van der Waals surface area contributed by atoms with E-state index in [9.17, 15) is 9.90 Å². The van der Waals surface area contributed by atoms with Crippen LogP contribution >= 0.6 is 0 Å². The van der Waals surface area contributed by atoms with E-state index in [0.29, 0.717) is 12.5 Å². The second-order valence-corrected chi connectivity index (χ2v) is 6.99. The molecule has 4 unspecified atom stereocenters. The van der Waals surface area contributed by atoms with Gasteiger partial charge in [0, 0.05) is 18.5 Å². The molecule has 2 fully saturated rings. The van der Waals surface area contributed by atoms with Gasteiger partial charge in [0.05, 0.1) is 6.10 Å². The molecule has 1 aromatic carbocycles. The van der Waals surface area contributed by atoms with E-state index in [2.05, 4.69) is 26.0 Å². The Morgan fingerprint density at radius 1 is 1.29 bits per heavy atom. The Morgan fingerprint density at radius 2 is 2.00 bits per heavy atom. The SMILES string of the molecule is CC1C(O)CCC2(C)C(=O)N(Cc3ccccc3)CCC12. The highest BCUT2D eigenvalue weighted by Gasteiger charge is 2.52. The molecule has 3 rings (SSSR count). The van der Waals surface area contributed by atoms with Gasteiger partial charge >= 0.3 is 0 Å². The minimum atomic E-state index is -0.286. The number of hydrogen-bond acceptors (Lipinski definition) is 2. The maximum Gasteiger partial charge on any atom is 0.229 e. The lowest BCUT2D eigenvalue weighted by Gasteiger charge is -2.51. The number of aliphatic hydroxyl groups is 1. The topological polar surface area (TPSA) is 40.5 Å². The maximum atomic E-state index is 13.0. The summed E-state index contributed by atoms with van der Waals surface area (Å²) in [6.07, 6.45) is 2.33. The van der Waals surface area contributed by atoms with Gasteiger partial charge in [-0.1, -0.05) is 44.2 Å². The molecule has 0 spiro atoms. The number of aliphatic hydroxyl groups excluding tert-OH is 1. The summed E-state index contributed by atoms with van der Waals surface area (Å²) in [6.45, 7) is 5.73. The number of benzene rings is 1. The van der Waals surface area contributed by atoms with Crippen LogP contribution in [0.25, 0.3) is 0 Å². The quantitative estimate of drug-likeness (QED) is 0.908. The van der Waals surface area contributed by atoms with Crippen molar-refractivity contribution in [3.05, 3.63) is 35.9 Å². The van der Waals surface area contributed by atoms with Gasteiger partial charge < -0.3 is 10.0 Å². The van der Waals surface area contributed by atoms with Gasteiger partial charge in [-0.25, -0.2) is 0 Å². The molecule has 0 bridgehead atoms. The number of carbonyl (C=O) groups excluding carboxylic acids is 1. The normalized spacial score (nSPS) is 36.4. The van der Waals surface area contributed by atoms with Gasteiger partial charge in [0.25, 0.3) is 0 Å². The molecule has 1 amide bonds. The van der Waals surface area contributed by atoms with Crippen molar-refractivity contribution < 1.29 is 9.90 Å². The van der Waals surface area contributed by atoms with E-state index in [1.54, 1.807) is 0 Å². The van der Waals surface area contributed by atoms with E-state index in [-0.39, 0.29) is 23.3 Å². The zero-order chi connectivity index (χ0) is 15.0. The molecule has 0 radical (unpaired) electrons. The Kier molecular flexibility index (Phi) is 3.78. The van der Waals surface area contributed by atoms with Gasteiger partial charge in [-0.15, -0.1) is 0 Å². The lowest BCUT2D eigenvalue weighted by molar-refractivity contribution is -0.161. The van der Waals surface area contributed by atoms with Crippen molar-refractivity contribution >= 4 is 5.91 Å². The monoisotopic (exact) mass is 287 g/mol. The maximum absolute atomic E-state index is 13.0. The number of piperidine rings is 1. The third-order valence-electron chi connectivity index (χ3n) is 5.72. The summed E-state index contributed by atoms with van der Waals surface area (Å²) < 4.78 is 0. The highest BCUT2D eigenvalue weighted by molar-refractivity contribution is 5.83. The first-order chi connectivity index (χ1) is 10.0. The average molecular weight is 287 g/mol. The highest BCUT2D eigenvalue weighted by Crippen LogP contribution is 2.49. The summed E-state index contributed by atoms with van der Waals surface area (Å²) in [7, 11) is 0. The first-order valence-electron chi connectivity index (χ1n) is 8.04. The molecular weight excluding hydrogens is 262 g/mol. The number of fused-ring (bicyclic) bond motifs is 1. The summed E-state index contributed by atoms with van der Waals surface area (Å²) in [4.78, 5) is 15.0. The van der Waals surface area contributed by atoms with Crippen LogP contribution in [-0.2, 0) is 11.3 Å². The summed E-state index contributed by atoms with van der Waals surface area (Å²) >= 11 is 0. The zero-order valence-corrected chi connectivity index (χ0v) is 13.0. The molecule has 2 aliphatic rings. The molecule has 1 aromatic rings. The number of nitrogens with zero attached hydrogens (tertiary/aromatic N) is 1. The van der Waals surface area contributed by atoms with Crippen LogP contribution in [-0.4, -0.2) is 28.6 Å². The Morgan fingerprint density at radius 3 is 2.71 bits per heavy atom. The average Bonchev–Trinajstić information content (AvgIpc) is 2.49. The van der Waals surface area contributed by atoms with Crippen molar-refractivity contribution in [3.8, 4) is 0 Å². The van der Waals surface area contributed by atoms with Crippen LogP contribution in [0.5, 0.6) is 0 Å². The van der Waals surface area contributed by atoms with E-state index in [1.807, 2.05) is 23.1 Å². The number of hydrogen-bond donors (Lipinski definition) is 1. The van der Waals surface area contributed by atoms with Crippen molar-refractivity contribution in [1.29, 1.82) is 0 Å². The van der Waals surface area contributed by atoms with Gasteiger partial charge in [0.15, 0.2) is 0 Å². The molecule has 1 saturated carbocycles. The molecule has 114 valence electrons. The molecule has 4 atom stereocenters. The van der Waals surface area contributed by atoms with Gasteiger partial charge in [-0.3, -0.25) is 4.79 Å². The smallest absolute Gasteiger partial charge is 0.229 e. The van der Waals surface area contributed by atoms with Crippen LogP contribution in [0.4, 0.5) is 0 Å². The van der Waals surface area contributed by atoms with Crippen molar-refractivity contribution in [3.63, 3.8) is 0 Å². The minimum absolute atomic E-state index is 0.228. The summed E-state index contributed by atoms with van der Waals surface area (Å²) in [5.41, 5.74) is 0.905. The predicted molar refractivity (Wildman–Crippen MR) is 82.5 cm³/mol. The van der Waals surface area contributed by atoms with E-state index in [4.69, 9.17) is 0 Å². The summed E-state index contributed by atoms with van der Waals surface area (Å²) in [5, 5.41) is 10.1. The van der Waals surface area contributed by atoms with Gasteiger partial charge in [-0.05, 0) is 36.7 Å². The fourth-order valence-electron chi connectivity index (χ4n) is 4.30. The van der Waals surface area contributed by atoms with Gasteiger partial charge in [0.2, 0.25) is 5.91 Å². The molecule has 21 heavy (non-hydrogen) atoms. The van der Waals surface area contributed by atoms with E-state index in [0.717, 1.165) is 25.8 Å².